The Hall–Kier alpha value is -0.770. The molecule has 108 valence electrons. The lowest BCUT2D eigenvalue weighted by atomic mass is 10.1. The zero-order valence-corrected chi connectivity index (χ0v) is 13.1. The Kier molecular flexibility index (Phi) is 7.21. The van der Waals surface area contributed by atoms with E-state index in [-0.39, 0.29) is 0 Å². The average Bonchev–Trinajstić information content (AvgIpc) is 2.41. The summed E-state index contributed by atoms with van der Waals surface area (Å²) in [6, 6.07) is 6.55. The first kappa shape index (κ1) is 16.3. The van der Waals surface area contributed by atoms with Gasteiger partial charge in [-0.15, -0.1) is 0 Å². The van der Waals surface area contributed by atoms with E-state index >= 15 is 0 Å². The number of methoxy groups -OCH3 is 1. The molecule has 0 bridgehead atoms. The van der Waals surface area contributed by atoms with Gasteiger partial charge >= 0.3 is 0 Å². The Labute approximate surface area is 121 Å². The number of halogens is 1. The van der Waals surface area contributed by atoms with Crippen molar-refractivity contribution in [1.82, 2.24) is 5.32 Å². The van der Waals surface area contributed by atoms with Crippen LogP contribution in [-0.2, 0) is 11.3 Å². The van der Waals surface area contributed by atoms with E-state index in [1.165, 1.54) is 11.3 Å². The monoisotopic (exact) mass is 284 g/mol. The molecule has 4 heteroatoms. The topological polar surface area (TPSA) is 24.5 Å². The number of nitrogens with zero attached hydrogens (tertiary/aromatic N) is 1. The minimum Gasteiger partial charge on any atom is -0.383 e. The molecule has 0 radical (unpaired) electrons. The van der Waals surface area contributed by atoms with E-state index in [0.29, 0.717) is 6.04 Å². The number of hydrogen-bond donors (Lipinski definition) is 1. The van der Waals surface area contributed by atoms with Crippen LogP contribution in [0.15, 0.2) is 18.2 Å². The van der Waals surface area contributed by atoms with Crippen molar-refractivity contribution in [2.75, 3.05) is 32.2 Å². The van der Waals surface area contributed by atoms with Crippen LogP contribution in [0.4, 0.5) is 5.69 Å². The van der Waals surface area contributed by atoms with Gasteiger partial charge in [0.2, 0.25) is 0 Å². The molecule has 1 atom stereocenters. The molecule has 0 fully saturated rings. The first-order valence-electron chi connectivity index (χ1n) is 6.82. The molecule has 1 aromatic rings. The van der Waals surface area contributed by atoms with Crippen LogP contribution >= 0.6 is 11.6 Å². The quantitative estimate of drug-likeness (QED) is 0.793. The van der Waals surface area contributed by atoms with Crippen LogP contribution in [-0.4, -0.2) is 33.4 Å². The zero-order valence-electron chi connectivity index (χ0n) is 12.4. The Morgan fingerprint density at radius 1 is 1.42 bits per heavy atom. The molecule has 0 aliphatic heterocycles. The van der Waals surface area contributed by atoms with Gasteiger partial charge in [0.1, 0.15) is 0 Å². The Morgan fingerprint density at radius 3 is 2.74 bits per heavy atom. The summed E-state index contributed by atoms with van der Waals surface area (Å²) in [5.74, 6) is 0. The predicted molar refractivity (Wildman–Crippen MR) is 83.2 cm³/mol. The van der Waals surface area contributed by atoms with E-state index in [4.69, 9.17) is 16.3 Å². The second kappa shape index (κ2) is 8.41. The molecule has 3 nitrogen and oxygen atoms in total. The highest BCUT2D eigenvalue weighted by molar-refractivity contribution is 6.30. The largest absolute Gasteiger partial charge is 0.383 e. The fourth-order valence-corrected chi connectivity index (χ4v) is 2.30. The maximum absolute atomic E-state index is 6.16. The fraction of sp³-hybridized carbons (Fsp3) is 0.600. The van der Waals surface area contributed by atoms with E-state index in [9.17, 15) is 0 Å². The van der Waals surface area contributed by atoms with Crippen molar-refractivity contribution in [3.63, 3.8) is 0 Å². The van der Waals surface area contributed by atoms with Crippen LogP contribution in [0.1, 0.15) is 25.8 Å². The third-order valence-corrected chi connectivity index (χ3v) is 3.62. The third kappa shape index (κ3) is 4.68. The minimum atomic E-state index is 0.462. The predicted octanol–water partition coefficient (Wildman–Crippen LogP) is 3.31. The van der Waals surface area contributed by atoms with Crippen LogP contribution < -0.4 is 10.2 Å². The van der Waals surface area contributed by atoms with Gasteiger partial charge in [-0.05, 0) is 38.1 Å². The average molecular weight is 285 g/mol. The maximum Gasteiger partial charge on any atom is 0.0637 e. The molecule has 0 heterocycles. The summed E-state index contributed by atoms with van der Waals surface area (Å²) in [6.45, 7) is 6.87. The Bertz CT molecular complexity index is 384. The summed E-state index contributed by atoms with van der Waals surface area (Å²) < 4.78 is 5.23. The number of ether oxygens (including phenoxy) is 1. The second-order valence-corrected chi connectivity index (χ2v) is 5.18. The molecule has 1 rings (SSSR count). The highest BCUT2D eigenvalue weighted by Crippen LogP contribution is 2.27. The van der Waals surface area contributed by atoms with Crippen LogP contribution in [0.2, 0.25) is 5.02 Å². The molecule has 0 saturated heterocycles. The summed E-state index contributed by atoms with van der Waals surface area (Å²) >= 11 is 6.16. The molecular formula is C15H25ClN2O. The summed E-state index contributed by atoms with van der Waals surface area (Å²) in [7, 11) is 3.70. The van der Waals surface area contributed by atoms with Gasteiger partial charge in [-0.2, -0.15) is 0 Å². The number of benzene rings is 1. The summed E-state index contributed by atoms with van der Waals surface area (Å²) in [4.78, 5) is 2.38. The number of hydrogen-bond acceptors (Lipinski definition) is 3. The van der Waals surface area contributed by atoms with Crippen molar-refractivity contribution in [3.8, 4) is 0 Å². The normalized spacial score (nSPS) is 12.5. The number of nitrogens with one attached hydrogen (secondary N) is 1. The van der Waals surface area contributed by atoms with Crippen molar-refractivity contribution in [1.29, 1.82) is 0 Å². The van der Waals surface area contributed by atoms with E-state index in [2.05, 4.69) is 36.2 Å². The van der Waals surface area contributed by atoms with Crippen molar-refractivity contribution >= 4 is 17.3 Å². The standard InChI is InChI=1S/C15H25ClN2O/c1-5-12(2)18(8-9-19-4)15-10-14(16)7-6-13(15)11-17-3/h6-7,10,12,17H,5,8-9,11H2,1-4H3. The van der Waals surface area contributed by atoms with E-state index in [0.717, 1.165) is 31.1 Å². The third-order valence-electron chi connectivity index (χ3n) is 3.38. The Balaban J connectivity index is 3.07. The molecule has 0 aliphatic rings. The number of anilines is 1. The van der Waals surface area contributed by atoms with Crippen LogP contribution in [0.5, 0.6) is 0 Å². The number of rotatable bonds is 8. The van der Waals surface area contributed by atoms with Crippen molar-refractivity contribution in [2.24, 2.45) is 0 Å². The zero-order chi connectivity index (χ0) is 14.3. The van der Waals surface area contributed by atoms with E-state index in [1.54, 1.807) is 7.11 Å². The van der Waals surface area contributed by atoms with Crippen molar-refractivity contribution < 1.29 is 4.74 Å². The molecule has 19 heavy (non-hydrogen) atoms. The van der Waals surface area contributed by atoms with Gasteiger partial charge in [0.05, 0.1) is 6.61 Å². The fourth-order valence-electron chi connectivity index (χ4n) is 2.13. The van der Waals surface area contributed by atoms with Crippen LogP contribution in [0.25, 0.3) is 0 Å². The maximum atomic E-state index is 6.16. The summed E-state index contributed by atoms with van der Waals surface area (Å²) in [5.41, 5.74) is 2.47. The van der Waals surface area contributed by atoms with Crippen LogP contribution in [0.3, 0.4) is 0 Å². The van der Waals surface area contributed by atoms with Crippen molar-refractivity contribution in [2.45, 2.75) is 32.9 Å². The lowest BCUT2D eigenvalue weighted by molar-refractivity contribution is 0.203. The molecule has 0 amide bonds. The van der Waals surface area contributed by atoms with Gasteiger partial charge in [0, 0.05) is 37.0 Å². The molecule has 1 N–H and O–H groups in total. The highest BCUT2D eigenvalue weighted by Gasteiger charge is 2.16. The summed E-state index contributed by atoms with van der Waals surface area (Å²) in [5, 5.41) is 3.99. The lowest BCUT2D eigenvalue weighted by Gasteiger charge is -2.32. The Morgan fingerprint density at radius 2 is 2.16 bits per heavy atom. The van der Waals surface area contributed by atoms with Gasteiger partial charge in [-0.1, -0.05) is 24.6 Å². The lowest BCUT2D eigenvalue weighted by Crippen LogP contribution is -2.36. The van der Waals surface area contributed by atoms with Crippen molar-refractivity contribution in [3.05, 3.63) is 28.8 Å². The first-order valence-corrected chi connectivity index (χ1v) is 7.20. The smallest absolute Gasteiger partial charge is 0.0637 e. The van der Waals surface area contributed by atoms with Gasteiger partial charge in [0.25, 0.3) is 0 Å². The molecule has 0 aliphatic carbocycles. The van der Waals surface area contributed by atoms with Gasteiger partial charge in [-0.25, -0.2) is 0 Å². The molecule has 1 aromatic carbocycles. The minimum absolute atomic E-state index is 0.462. The molecular weight excluding hydrogens is 260 g/mol. The molecule has 0 saturated carbocycles. The molecule has 0 spiro atoms. The second-order valence-electron chi connectivity index (χ2n) is 4.75. The van der Waals surface area contributed by atoms with Crippen LogP contribution in [0, 0.1) is 0 Å². The van der Waals surface area contributed by atoms with Gasteiger partial charge in [0.15, 0.2) is 0 Å². The SMILES string of the molecule is CCC(C)N(CCOC)c1cc(Cl)ccc1CNC. The highest BCUT2D eigenvalue weighted by atomic mass is 35.5. The molecule has 0 aromatic heterocycles. The first-order chi connectivity index (χ1) is 9.13. The van der Waals surface area contributed by atoms with E-state index in [1.807, 2.05) is 13.1 Å². The van der Waals surface area contributed by atoms with Gasteiger partial charge < -0.3 is 15.0 Å². The summed E-state index contributed by atoms with van der Waals surface area (Å²) in [6.07, 6.45) is 1.09. The van der Waals surface area contributed by atoms with Gasteiger partial charge in [-0.3, -0.25) is 0 Å². The van der Waals surface area contributed by atoms with E-state index < -0.39 is 0 Å². The molecule has 1 unspecified atom stereocenters.